The van der Waals surface area contributed by atoms with Gasteiger partial charge in [0, 0.05) is 18.7 Å². The third kappa shape index (κ3) is 4.95. The molecule has 0 bridgehead atoms. The van der Waals surface area contributed by atoms with Gasteiger partial charge in [0.15, 0.2) is 5.75 Å². The lowest BCUT2D eigenvalue weighted by Gasteiger charge is -2.28. The Labute approximate surface area is 202 Å². The first kappa shape index (κ1) is 24.9. The normalized spacial score (nSPS) is 17.8. The summed E-state index contributed by atoms with van der Waals surface area (Å²) in [7, 11) is 1.41. The van der Waals surface area contributed by atoms with Gasteiger partial charge in [-0.1, -0.05) is 49.2 Å². The number of Topliss-reactive ketones (excluding diaryl/α,β-unsaturated/α-hetero) is 1. The summed E-state index contributed by atoms with van der Waals surface area (Å²) in [6.45, 7) is 6.44. The van der Waals surface area contributed by atoms with Gasteiger partial charge < -0.3 is 24.7 Å². The highest BCUT2D eigenvalue weighted by molar-refractivity contribution is 6.46. The van der Waals surface area contributed by atoms with Crippen LogP contribution in [-0.2, 0) is 9.59 Å². The maximum absolute atomic E-state index is 13.1. The number of ether oxygens (including phenoxy) is 1. The van der Waals surface area contributed by atoms with Crippen LogP contribution in [0.4, 0.5) is 0 Å². The predicted octanol–water partition coefficient (Wildman–Crippen LogP) is 4.47. The Balaban J connectivity index is 2.15. The van der Waals surface area contributed by atoms with Gasteiger partial charge in [0.25, 0.3) is 11.7 Å². The fourth-order valence-electron chi connectivity index (χ4n) is 3.99. The van der Waals surface area contributed by atoms with Gasteiger partial charge in [-0.25, -0.2) is 0 Å². The standard InChI is InChI=1S/C24H26Cl2N2O5/c1-4-27(5-2)9-10-28-20(14-7-6-8-16(29)11-14)19(22(31)24(28)32)21(30)15-12-17(25)23(33-3)18(26)13-15/h6-8,11-13,20,29-30H,4-5,9-10H2,1-3H3/b21-19+. The highest BCUT2D eigenvalue weighted by atomic mass is 35.5. The van der Waals surface area contributed by atoms with Gasteiger partial charge >= 0.3 is 0 Å². The first-order chi connectivity index (χ1) is 15.7. The van der Waals surface area contributed by atoms with Crippen LogP contribution < -0.4 is 4.74 Å². The van der Waals surface area contributed by atoms with E-state index in [2.05, 4.69) is 4.90 Å². The Morgan fingerprint density at radius 2 is 1.76 bits per heavy atom. The summed E-state index contributed by atoms with van der Waals surface area (Å²) in [6, 6.07) is 8.25. The number of benzene rings is 2. The van der Waals surface area contributed by atoms with E-state index >= 15 is 0 Å². The molecule has 2 aromatic carbocycles. The van der Waals surface area contributed by atoms with Crippen molar-refractivity contribution >= 4 is 40.7 Å². The fourth-order valence-corrected chi connectivity index (χ4v) is 4.63. The number of phenols is 1. The number of nitrogens with zero attached hydrogens (tertiary/aromatic N) is 2. The van der Waals surface area contributed by atoms with Crippen molar-refractivity contribution in [3.63, 3.8) is 0 Å². The number of phenolic OH excluding ortho intramolecular Hbond substituents is 1. The molecule has 7 nitrogen and oxygen atoms in total. The van der Waals surface area contributed by atoms with Crippen molar-refractivity contribution < 1.29 is 24.5 Å². The van der Waals surface area contributed by atoms with Crippen LogP contribution in [0.15, 0.2) is 42.0 Å². The molecular formula is C24H26Cl2N2O5. The fraction of sp³-hybridized carbons (Fsp3) is 0.333. The Hall–Kier alpha value is -2.74. The van der Waals surface area contributed by atoms with Gasteiger partial charge in [-0.3, -0.25) is 9.59 Å². The van der Waals surface area contributed by atoms with Crippen LogP contribution in [0.25, 0.3) is 5.76 Å². The molecule has 0 radical (unpaired) electrons. The number of carbonyl (C=O) groups is 2. The lowest BCUT2D eigenvalue weighted by molar-refractivity contribution is -0.140. The molecule has 1 fully saturated rings. The van der Waals surface area contributed by atoms with Crippen molar-refractivity contribution in [1.82, 2.24) is 9.80 Å². The van der Waals surface area contributed by atoms with Crippen LogP contribution in [0, 0.1) is 0 Å². The Kier molecular flexibility index (Phi) is 7.89. The minimum absolute atomic E-state index is 0.0163. The lowest BCUT2D eigenvalue weighted by Crippen LogP contribution is -2.38. The smallest absolute Gasteiger partial charge is 0.295 e. The monoisotopic (exact) mass is 492 g/mol. The number of aliphatic hydroxyl groups is 1. The molecule has 1 heterocycles. The van der Waals surface area contributed by atoms with Crippen LogP contribution in [-0.4, -0.2) is 65.0 Å². The van der Waals surface area contributed by atoms with Crippen molar-refractivity contribution in [2.75, 3.05) is 33.3 Å². The molecule has 1 atom stereocenters. The summed E-state index contributed by atoms with van der Waals surface area (Å²) >= 11 is 12.5. The van der Waals surface area contributed by atoms with E-state index in [0.717, 1.165) is 13.1 Å². The van der Waals surface area contributed by atoms with Crippen molar-refractivity contribution in [3.8, 4) is 11.5 Å². The minimum atomic E-state index is -0.882. The number of ketones is 1. The summed E-state index contributed by atoms with van der Waals surface area (Å²) in [5.41, 5.74) is 0.584. The van der Waals surface area contributed by atoms with E-state index < -0.39 is 23.5 Å². The molecule has 1 aliphatic rings. The SMILES string of the molecule is CCN(CC)CCN1C(=O)C(=O)/C(=C(/O)c2cc(Cl)c(OC)c(Cl)c2)C1c1cccc(O)c1. The third-order valence-corrected chi connectivity index (χ3v) is 6.31. The number of likely N-dealkylation sites (tertiary alicyclic amines) is 1. The number of hydrogen-bond acceptors (Lipinski definition) is 6. The predicted molar refractivity (Wildman–Crippen MR) is 128 cm³/mol. The van der Waals surface area contributed by atoms with Crippen LogP contribution >= 0.6 is 23.2 Å². The molecule has 33 heavy (non-hydrogen) atoms. The van der Waals surface area contributed by atoms with Crippen LogP contribution in [0.1, 0.15) is 31.0 Å². The van der Waals surface area contributed by atoms with Crippen LogP contribution in [0.5, 0.6) is 11.5 Å². The Bertz CT molecular complexity index is 1080. The van der Waals surface area contributed by atoms with E-state index in [1.807, 2.05) is 13.8 Å². The highest BCUT2D eigenvalue weighted by Crippen LogP contribution is 2.42. The molecule has 3 rings (SSSR count). The zero-order valence-electron chi connectivity index (χ0n) is 18.6. The topological polar surface area (TPSA) is 90.3 Å². The first-order valence-corrected chi connectivity index (χ1v) is 11.3. The number of halogens is 2. The quantitative estimate of drug-likeness (QED) is 0.321. The summed E-state index contributed by atoms with van der Waals surface area (Å²) < 4.78 is 5.15. The number of methoxy groups -OCH3 is 1. The Morgan fingerprint density at radius 3 is 2.30 bits per heavy atom. The van der Waals surface area contributed by atoms with E-state index in [9.17, 15) is 19.8 Å². The second-order valence-electron chi connectivity index (χ2n) is 7.59. The molecule has 2 N–H and O–H groups in total. The number of rotatable bonds is 8. The molecule has 1 saturated heterocycles. The molecule has 0 aliphatic carbocycles. The number of aliphatic hydroxyl groups excluding tert-OH is 1. The van der Waals surface area contributed by atoms with Crippen molar-refractivity contribution in [3.05, 3.63) is 63.1 Å². The number of aromatic hydroxyl groups is 1. The van der Waals surface area contributed by atoms with E-state index in [4.69, 9.17) is 27.9 Å². The third-order valence-electron chi connectivity index (χ3n) is 5.75. The van der Waals surface area contributed by atoms with Crippen molar-refractivity contribution in [2.24, 2.45) is 0 Å². The minimum Gasteiger partial charge on any atom is -0.508 e. The number of amides is 1. The molecule has 1 amide bonds. The van der Waals surface area contributed by atoms with Gasteiger partial charge in [0.2, 0.25) is 0 Å². The van der Waals surface area contributed by atoms with Gasteiger partial charge in [0.1, 0.15) is 11.5 Å². The summed E-state index contributed by atoms with van der Waals surface area (Å²) in [6.07, 6.45) is 0. The molecule has 0 spiro atoms. The number of hydrogen-bond donors (Lipinski definition) is 2. The number of likely N-dealkylation sites (N-methyl/N-ethyl adjacent to an activating group) is 1. The van der Waals surface area contributed by atoms with Crippen molar-refractivity contribution in [1.29, 1.82) is 0 Å². The van der Waals surface area contributed by atoms with Gasteiger partial charge in [0.05, 0.1) is 28.8 Å². The Morgan fingerprint density at radius 1 is 1.12 bits per heavy atom. The molecule has 0 saturated carbocycles. The molecular weight excluding hydrogens is 467 g/mol. The van der Waals surface area contributed by atoms with Crippen molar-refractivity contribution in [2.45, 2.75) is 19.9 Å². The second kappa shape index (κ2) is 10.5. The van der Waals surface area contributed by atoms with E-state index in [1.54, 1.807) is 12.1 Å². The maximum Gasteiger partial charge on any atom is 0.295 e. The summed E-state index contributed by atoms with van der Waals surface area (Å²) in [5.74, 6) is -1.72. The lowest BCUT2D eigenvalue weighted by atomic mass is 9.95. The summed E-state index contributed by atoms with van der Waals surface area (Å²) in [4.78, 5) is 29.7. The molecule has 9 heteroatoms. The zero-order valence-corrected chi connectivity index (χ0v) is 20.2. The molecule has 1 aliphatic heterocycles. The zero-order chi connectivity index (χ0) is 24.3. The van der Waals surface area contributed by atoms with Gasteiger partial charge in [-0.05, 0) is 42.9 Å². The molecule has 0 aromatic heterocycles. The maximum atomic E-state index is 13.1. The molecule has 176 valence electrons. The molecule has 2 aromatic rings. The second-order valence-corrected chi connectivity index (χ2v) is 8.40. The van der Waals surface area contributed by atoms with Gasteiger partial charge in [-0.15, -0.1) is 0 Å². The van der Waals surface area contributed by atoms with Gasteiger partial charge in [-0.2, -0.15) is 0 Å². The number of carbonyl (C=O) groups excluding carboxylic acids is 2. The first-order valence-electron chi connectivity index (χ1n) is 10.6. The highest BCUT2D eigenvalue weighted by Gasteiger charge is 2.46. The van der Waals surface area contributed by atoms with E-state index in [0.29, 0.717) is 12.1 Å². The van der Waals surface area contributed by atoms with Crippen LogP contribution in [0.3, 0.4) is 0 Å². The average Bonchev–Trinajstić information content (AvgIpc) is 3.04. The molecule has 1 unspecified atom stereocenters. The largest absolute Gasteiger partial charge is 0.508 e. The van der Waals surface area contributed by atoms with Crippen LogP contribution in [0.2, 0.25) is 10.0 Å². The van der Waals surface area contributed by atoms with E-state index in [-0.39, 0.29) is 39.2 Å². The average molecular weight is 493 g/mol. The van der Waals surface area contributed by atoms with E-state index in [1.165, 1.54) is 36.3 Å². The summed E-state index contributed by atoms with van der Waals surface area (Å²) in [5, 5.41) is 21.5.